The molecule has 1 aromatic heterocycles. The highest BCUT2D eigenvalue weighted by Gasteiger charge is 2.43. The molecule has 4 nitrogen and oxygen atoms in total. The molecule has 0 bridgehead atoms. The van der Waals surface area contributed by atoms with E-state index in [1.807, 2.05) is 0 Å². The Labute approximate surface area is 143 Å². The average Bonchev–Trinajstić information content (AvgIpc) is 2.61. The van der Waals surface area contributed by atoms with Crippen LogP contribution < -0.4 is 4.74 Å². The van der Waals surface area contributed by atoms with Gasteiger partial charge in [-0.25, -0.2) is 0 Å². The van der Waals surface area contributed by atoms with Crippen molar-refractivity contribution < 1.29 is 27.8 Å². The van der Waals surface area contributed by atoms with Gasteiger partial charge in [0.15, 0.2) is 0 Å². The predicted molar refractivity (Wildman–Crippen MR) is 84.1 cm³/mol. The highest BCUT2D eigenvalue weighted by molar-refractivity contribution is 5.37. The molecule has 0 saturated carbocycles. The molecule has 134 valence electrons. The third kappa shape index (κ3) is 3.93. The normalized spacial score (nSPS) is 18.6. The Morgan fingerprint density at radius 2 is 1.88 bits per heavy atom. The fraction of sp³-hybridized carbons (Fsp3) is 0.389. The molecule has 0 spiro atoms. The highest BCUT2D eigenvalue weighted by atomic mass is 19.4. The molecule has 0 amide bonds. The van der Waals surface area contributed by atoms with Gasteiger partial charge < -0.3 is 14.6 Å². The lowest BCUT2D eigenvalue weighted by Crippen LogP contribution is -2.40. The summed E-state index contributed by atoms with van der Waals surface area (Å²) in [6.45, 7) is 0.822. The Bertz CT molecular complexity index is 700. The molecule has 1 atom stereocenters. The number of hydrogen-bond donors (Lipinski definition) is 1. The SMILES string of the molecule is O[C@H](c1ccccn1)C1(c2cccc(OC(F)(F)F)c2)CCOCC1. The topological polar surface area (TPSA) is 51.6 Å². The fourth-order valence-corrected chi connectivity index (χ4v) is 3.28. The van der Waals surface area contributed by atoms with Crippen molar-refractivity contribution in [2.45, 2.75) is 30.7 Å². The van der Waals surface area contributed by atoms with Crippen LogP contribution in [-0.4, -0.2) is 29.7 Å². The molecule has 25 heavy (non-hydrogen) atoms. The molecule has 0 aliphatic carbocycles. The molecule has 2 aromatic rings. The van der Waals surface area contributed by atoms with Gasteiger partial charge in [0.1, 0.15) is 11.9 Å². The lowest BCUT2D eigenvalue weighted by Gasteiger charge is -2.41. The number of aliphatic hydroxyl groups is 1. The molecule has 3 rings (SSSR count). The van der Waals surface area contributed by atoms with Crippen LogP contribution in [0, 0.1) is 0 Å². The molecule has 0 unspecified atom stereocenters. The van der Waals surface area contributed by atoms with Crippen LogP contribution in [-0.2, 0) is 10.2 Å². The minimum atomic E-state index is -4.76. The van der Waals surface area contributed by atoms with Crippen molar-refractivity contribution in [2.24, 2.45) is 0 Å². The lowest BCUT2D eigenvalue weighted by molar-refractivity contribution is -0.274. The zero-order valence-corrected chi connectivity index (χ0v) is 13.4. The molecule has 0 radical (unpaired) electrons. The number of pyridine rings is 1. The summed E-state index contributed by atoms with van der Waals surface area (Å²) < 4.78 is 47.0. The van der Waals surface area contributed by atoms with Crippen molar-refractivity contribution in [1.29, 1.82) is 0 Å². The summed E-state index contributed by atoms with van der Waals surface area (Å²) in [5, 5.41) is 11.0. The zero-order chi connectivity index (χ0) is 17.9. The quantitative estimate of drug-likeness (QED) is 0.909. The Morgan fingerprint density at radius 3 is 2.52 bits per heavy atom. The Kier molecular flexibility index (Phi) is 4.96. The van der Waals surface area contributed by atoms with Crippen molar-refractivity contribution in [1.82, 2.24) is 4.98 Å². The first-order valence-corrected chi connectivity index (χ1v) is 7.94. The fourth-order valence-electron chi connectivity index (χ4n) is 3.28. The number of halogens is 3. The first-order valence-electron chi connectivity index (χ1n) is 7.94. The lowest BCUT2D eigenvalue weighted by atomic mass is 9.69. The van der Waals surface area contributed by atoms with E-state index in [0.717, 1.165) is 0 Å². The summed E-state index contributed by atoms with van der Waals surface area (Å²) in [6.07, 6.45) is -3.20. The summed E-state index contributed by atoms with van der Waals surface area (Å²) in [7, 11) is 0. The van der Waals surface area contributed by atoms with Crippen LogP contribution >= 0.6 is 0 Å². The second-order valence-electron chi connectivity index (χ2n) is 6.00. The third-order valence-electron chi connectivity index (χ3n) is 4.52. The maximum absolute atomic E-state index is 12.5. The van der Waals surface area contributed by atoms with Crippen LogP contribution in [0.4, 0.5) is 13.2 Å². The van der Waals surface area contributed by atoms with Gasteiger partial charge in [0, 0.05) is 24.8 Å². The van der Waals surface area contributed by atoms with E-state index in [0.29, 0.717) is 37.3 Å². The first kappa shape index (κ1) is 17.7. The molecule has 1 N–H and O–H groups in total. The van der Waals surface area contributed by atoms with Crippen LogP contribution in [0.15, 0.2) is 48.7 Å². The van der Waals surface area contributed by atoms with Gasteiger partial charge in [0.05, 0.1) is 5.69 Å². The maximum Gasteiger partial charge on any atom is 0.573 e. The molecule has 1 aliphatic heterocycles. The second kappa shape index (κ2) is 7.01. The Morgan fingerprint density at radius 1 is 1.12 bits per heavy atom. The van der Waals surface area contributed by atoms with Crippen molar-refractivity contribution in [3.05, 3.63) is 59.9 Å². The minimum Gasteiger partial charge on any atom is -0.406 e. The number of alkyl halides is 3. The largest absolute Gasteiger partial charge is 0.573 e. The number of ether oxygens (including phenoxy) is 2. The highest BCUT2D eigenvalue weighted by Crippen LogP contribution is 2.45. The monoisotopic (exact) mass is 353 g/mol. The zero-order valence-electron chi connectivity index (χ0n) is 13.4. The maximum atomic E-state index is 12.5. The molecular formula is C18H18F3NO3. The number of rotatable bonds is 4. The number of aliphatic hydroxyl groups excluding tert-OH is 1. The molecule has 1 aromatic carbocycles. The van der Waals surface area contributed by atoms with E-state index in [2.05, 4.69) is 9.72 Å². The van der Waals surface area contributed by atoms with Gasteiger partial charge in [-0.3, -0.25) is 4.98 Å². The minimum absolute atomic E-state index is 0.302. The summed E-state index contributed by atoms with van der Waals surface area (Å²) in [5.41, 5.74) is 0.277. The molecule has 1 fully saturated rings. The predicted octanol–water partition coefficient (Wildman–Crippen LogP) is 3.76. The van der Waals surface area contributed by atoms with Crippen molar-refractivity contribution in [2.75, 3.05) is 13.2 Å². The third-order valence-corrected chi connectivity index (χ3v) is 4.52. The number of aromatic nitrogens is 1. The van der Waals surface area contributed by atoms with E-state index < -0.39 is 17.9 Å². The number of benzene rings is 1. The van der Waals surface area contributed by atoms with Gasteiger partial charge >= 0.3 is 6.36 Å². The molecule has 7 heteroatoms. The van der Waals surface area contributed by atoms with Crippen LogP contribution in [0.2, 0.25) is 0 Å². The van der Waals surface area contributed by atoms with E-state index in [1.54, 1.807) is 30.5 Å². The first-order chi connectivity index (χ1) is 11.9. The van der Waals surface area contributed by atoms with Crippen molar-refractivity contribution >= 4 is 0 Å². The van der Waals surface area contributed by atoms with Crippen molar-refractivity contribution in [3.8, 4) is 5.75 Å². The smallest absolute Gasteiger partial charge is 0.406 e. The average molecular weight is 353 g/mol. The standard InChI is InChI=1S/C18H18F3NO3/c19-18(20,21)25-14-5-3-4-13(12-14)17(7-10-24-11-8-17)16(23)15-6-1-2-9-22-15/h1-6,9,12,16,23H,7-8,10-11H2/t16-/m1/s1. The van der Waals surface area contributed by atoms with E-state index in [4.69, 9.17) is 4.74 Å². The van der Waals surface area contributed by atoms with Crippen molar-refractivity contribution in [3.63, 3.8) is 0 Å². The van der Waals surface area contributed by atoms with E-state index in [1.165, 1.54) is 18.2 Å². The van der Waals surface area contributed by atoms with E-state index in [-0.39, 0.29) is 5.75 Å². The van der Waals surface area contributed by atoms with Crippen LogP contribution in [0.5, 0.6) is 5.75 Å². The van der Waals surface area contributed by atoms with Gasteiger partial charge in [-0.1, -0.05) is 18.2 Å². The second-order valence-corrected chi connectivity index (χ2v) is 6.00. The van der Waals surface area contributed by atoms with Crippen LogP contribution in [0.25, 0.3) is 0 Å². The molecule has 1 saturated heterocycles. The summed E-state index contributed by atoms with van der Waals surface area (Å²) in [5.74, 6) is -0.302. The molecular weight excluding hydrogens is 335 g/mol. The number of nitrogens with zero attached hydrogens (tertiary/aromatic N) is 1. The van der Waals surface area contributed by atoms with E-state index >= 15 is 0 Å². The molecule has 2 heterocycles. The number of hydrogen-bond acceptors (Lipinski definition) is 4. The summed E-state index contributed by atoms with van der Waals surface area (Å²) in [4.78, 5) is 4.20. The van der Waals surface area contributed by atoms with Crippen LogP contribution in [0.3, 0.4) is 0 Å². The van der Waals surface area contributed by atoms with Gasteiger partial charge in [0.2, 0.25) is 0 Å². The Hall–Kier alpha value is -2.12. The van der Waals surface area contributed by atoms with Gasteiger partial charge in [-0.05, 0) is 42.7 Å². The molecule has 1 aliphatic rings. The van der Waals surface area contributed by atoms with E-state index in [9.17, 15) is 18.3 Å². The van der Waals surface area contributed by atoms with Gasteiger partial charge in [-0.15, -0.1) is 13.2 Å². The van der Waals surface area contributed by atoms with Gasteiger partial charge in [0.25, 0.3) is 0 Å². The Balaban J connectivity index is 2.00. The van der Waals surface area contributed by atoms with Gasteiger partial charge in [-0.2, -0.15) is 0 Å². The summed E-state index contributed by atoms with van der Waals surface area (Å²) in [6, 6.07) is 11.0. The van der Waals surface area contributed by atoms with Crippen LogP contribution in [0.1, 0.15) is 30.2 Å². The summed E-state index contributed by atoms with van der Waals surface area (Å²) >= 11 is 0.